The van der Waals surface area contributed by atoms with Gasteiger partial charge in [0, 0.05) is 11.7 Å². The fraction of sp³-hybridized carbons (Fsp3) is 0.391. The molecule has 2 N–H and O–H groups in total. The summed E-state index contributed by atoms with van der Waals surface area (Å²) in [7, 11) is 1.60. The smallest absolute Gasteiger partial charge is 0.338 e. The Morgan fingerprint density at radius 1 is 0.933 bits per heavy atom. The highest BCUT2D eigenvalue weighted by molar-refractivity contribution is 5.90. The van der Waals surface area contributed by atoms with Crippen molar-refractivity contribution in [2.45, 2.75) is 44.8 Å². The van der Waals surface area contributed by atoms with Crippen LogP contribution in [0.25, 0.3) is 0 Å². The molecule has 3 rings (SSSR count). The summed E-state index contributed by atoms with van der Waals surface area (Å²) in [6.07, 6.45) is 3.50. The molecule has 0 bridgehead atoms. The summed E-state index contributed by atoms with van der Waals surface area (Å²) < 4.78 is 16.1. The highest BCUT2D eigenvalue weighted by Gasteiger charge is 2.23. The number of benzene rings is 2. The third-order valence-corrected chi connectivity index (χ3v) is 5.03. The van der Waals surface area contributed by atoms with E-state index in [0.29, 0.717) is 12.2 Å². The molecule has 0 atom stereocenters. The Bertz CT molecular complexity index is 828. The minimum Gasteiger partial charge on any atom is -0.497 e. The van der Waals surface area contributed by atoms with Crippen molar-refractivity contribution in [3.05, 3.63) is 54.1 Å². The Labute approximate surface area is 176 Å². The fourth-order valence-corrected chi connectivity index (χ4v) is 3.43. The molecule has 7 nitrogen and oxygen atoms in total. The number of esters is 1. The summed E-state index contributed by atoms with van der Waals surface area (Å²) in [5.74, 6) is 1.15. The number of rotatable bonds is 7. The van der Waals surface area contributed by atoms with E-state index in [9.17, 15) is 9.59 Å². The minimum atomic E-state index is -0.330. The van der Waals surface area contributed by atoms with Crippen LogP contribution in [0.2, 0.25) is 0 Å². The second kappa shape index (κ2) is 10.5. The minimum absolute atomic E-state index is 0.0983. The standard InChI is InChI=1S/C23H28N2O5/c1-3-29-22(26)16-4-10-20(11-5-16)30-21-14-8-18(9-15-21)25-23(27)24-17-6-12-19(28-2)13-7-17/h4-7,10-13,18,21H,3,8-9,14-15H2,1-2H3,(H2,24,25,27). The van der Waals surface area contributed by atoms with Gasteiger partial charge in [0.05, 0.1) is 25.4 Å². The number of anilines is 1. The SMILES string of the molecule is CCOC(=O)c1ccc(OC2CCC(NC(=O)Nc3ccc(OC)cc3)CC2)cc1. The molecule has 2 aromatic carbocycles. The van der Waals surface area contributed by atoms with Gasteiger partial charge in [-0.05, 0) is 81.1 Å². The van der Waals surface area contributed by atoms with E-state index in [1.165, 1.54) is 0 Å². The van der Waals surface area contributed by atoms with Crippen LogP contribution in [0.1, 0.15) is 43.0 Å². The molecule has 0 unspecified atom stereocenters. The van der Waals surface area contributed by atoms with Crippen molar-refractivity contribution in [3.8, 4) is 11.5 Å². The molecule has 1 aliphatic rings. The van der Waals surface area contributed by atoms with Crippen molar-refractivity contribution in [1.29, 1.82) is 0 Å². The van der Waals surface area contributed by atoms with Crippen LogP contribution in [-0.4, -0.2) is 37.9 Å². The molecule has 160 valence electrons. The maximum atomic E-state index is 12.2. The Kier molecular flexibility index (Phi) is 7.54. The molecule has 0 heterocycles. The molecule has 30 heavy (non-hydrogen) atoms. The molecule has 0 saturated heterocycles. The van der Waals surface area contributed by atoms with E-state index in [1.807, 2.05) is 0 Å². The average molecular weight is 412 g/mol. The number of hydrogen-bond acceptors (Lipinski definition) is 5. The summed E-state index contributed by atoms with van der Waals surface area (Å²) in [6, 6.07) is 14.1. The van der Waals surface area contributed by atoms with Crippen LogP contribution < -0.4 is 20.1 Å². The lowest BCUT2D eigenvalue weighted by Gasteiger charge is -2.29. The van der Waals surface area contributed by atoms with Gasteiger partial charge in [-0.2, -0.15) is 0 Å². The Morgan fingerprint density at radius 3 is 2.17 bits per heavy atom. The van der Waals surface area contributed by atoms with Crippen LogP contribution in [0.4, 0.5) is 10.5 Å². The van der Waals surface area contributed by atoms with Crippen molar-refractivity contribution >= 4 is 17.7 Å². The monoisotopic (exact) mass is 412 g/mol. The quantitative estimate of drug-likeness (QED) is 0.659. The number of ether oxygens (including phenoxy) is 3. The molecule has 1 aliphatic carbocycles. The first-order valence-electron chi connectivity index (χ1n) is 10.2. The van der Waals surface area contributed by atoms with E-state index in [1.54, 1.807) is 62.6 Å². The van der Waals surface area contributed by atoms with E-state index in [2.05, 4.69) is 10.6 Å². The van der Waals surface area contributed by atoms with E-state index < -0.39 is 0 Å². The molecule has 1 fully saturated rings. The van der Waals surface area contributed by atoms with Crippen LogP contribution in [0, 0.1) is 0 Å². The lowest BCUT2D eigenvalue weighted by molar-refractivity contribution is 0.0526. The van der Waals surface area contributed by atoms with Gasteiger partial charge in [0.1, 0.15) is 11.5 Å². The summed E-state index contributed by atoms with van der Waals surface area (Å²) in [6.45, 7) is 2.13. The first-order valence-corrected chi connectivity index (χ1v) is 10.2. The van der Waals surface area contributed by atoms with Crippen molar-refractivity contribution in [2.75, 3.05) is 19.0 Å². The topological polar surface area (TPSA) is 85.9 Å². The van der Waals surface area contributed by atoms with Gasteiger partial charge in [-0.25, -0.2) is 9.59 Å². The number of urea groups is 1. The molecule has 0 aliphatic heterocycles. The number of hydrogen-bond donors (Lipinski definition) is 2. The maximum Gasteiger partial charge on any atom is 0.338 e. The van der Waals surface area contributed by atoms with E-state index >= 15 is 0 Å². The number of nitrogens with one attached hydrogen (secondary N) is 2. The molecule has 0 spiro atoms. The second-order valence-corrected chi connectivity index (χ2v) is 7.16. The average Bonchev–Trinajstić information content (AvgIpc) is 2.76. The third kappa shape index (κ3) is 6.14. The third-order valence-electron chi connectivity index (χ3n) is 5.03. The lowest BCUT2D eigenvalue weighted by Crippen LogP contribution is -2.41. The summed E-state index contributed by atoms with van der Waals surface area (Å²) in [5, 5.41) is 5.86. The summed E-state index contributed by atoms with van der Waals surface area (Å²) in [5.41, 5.74) is 1.23. The van der Waals surface area contributed by atoms with Crippen LogP contribution in [0.5, 0.6) is 11.5 Å². The van der Waals surface area contributed by atoms with Gasteiger partial charge in [-0.15, -0.1) is 0 Å². The Morgan fingerprint density at radius 2 is 1.57 bits per heavy atom. The molecule has 0 aromatic heterocycles. The molecule has 2 aromatic rings. The summed E-state index contributed by atoms with van der Waals surface area (Å²) >= 11 is 0. The predicted octanol–water partition coefficient (Wildman–Crippen LogP) is 4.38. The summed E-state index contributed by atoms with van der Waals surface area (Å²) in [4.78, 5) is 23.9. The zero-order valence-corrected chi connectivity index (χ0v) is 17.4. The first-order chi connectivity index (χ1) is 14.6. The highest BCUT2D eigenvalue weighted by Crippen LogP contribution is 2.24. The van der Waals surface area contributed by atoms with Gasteiger partial charge in [-0.1, -0.05) is 0 Å². The second-order valence-electron chi connectivity index (χ2n) is 7.16. The van der Waals surface area contributed by atoms with Crippen LogP contribution in [0.3, 0.4) is 0 Å². The lowest BCUT2D eigenvalue weighted by atomic mass is 9.93. The predicted molar refractivity (Wildman–Crippen MR) is 114 cm³/mol. The first kappa shape index (κ1) is 21.5. The van der Waals surface area contributed by atoms with Crippen LogP contribution >= 0.6 is 0 Å². The molecule has 0 radical (unpaired) electrons. The van der Waals surface area contributed by atoms with E-state index in [4.69, 9.17) is 14.2 Å². The van der Waals surface area contributed by atoms with Crippen molar-refractivity contribution in [1.82, 2.24) is 5.32 Å². The zero-order chi connectivity index (χ0) is 21.3. The normalized spacial score (nSPS) is 18.2. The van der Waals surface area contributed by atoms with Crippen molar-refractivity contribution in [3.63, 3.8) is 0 Å². The number of carbonyl (C=O) groups is 2. The number of methoxy groups -OCH3 is 1. The zero-order valence-electron chi connectivity index (χ0n) is 17.4. The molecule has 2 amide bonds. The largest absolute Gasteiger partial charge is 0.497 e. The number of amides is 2. The van der Waals surface area contributed by atoms with Gasteiger partial charge >= 0.3 is 12.0 Å². The van der Waals surface area contributed by atoms with Gasteiger partial charge < -0.3 is 24.8 Å². The van der Waals surface area contributed by atoms with Gasteiger partial charge in [0.15, 0.2) is 0 Å². The molecule has 7 heteroatoms. The Balaban J connectivity index is 1.41. The number of carbonyl (C=O) groups excluding carboxylic acids is 2. The van der Waals surface area contributed by atoms with Gasteiger partial charge in [0.2, 0.25) is 0 Å². The van der Waals surface area contributed by atoms with Gasteiger partial charge in [0.25, 0.3) is 0 Å². The Hall–Kier alpha value is -3.22. The maximum absolute atomic E-state index is 12.2. The van der Waals surface area contributed by atoms with E-state index in [-0.39, 0.29) is 24.1 Å². The molecule has 1 saturated carbocycles. The van der Waals surface area contributed by atoms with Gasteiger partial charge in [-0.3, -0.25) is 0 Å². The van der Waals surface area contributed by atoms with E-state index in [0.717, 1.165) is 42.9 Å². The van der Waals surface area contributed by atoms with Crippen molar-refractivity contribution < 1.29 is 23.8 Å². The van der Waals surface area contributed by atoms with Crippen LogP contribution in [0.15, 0.2) is 48.5 Å². The van der Waals surface area contributed by atoms with Crippen LogP contribution in [-0.2, 0) is 4.74 Å². The van der Waals surface area contributed by atoms with Crippen molar-refractivity contribution in [2.24, 2.45) is 0 Å². The fourth-order valence-electron chi connectivity index (χ4n) is 3.43. The molecular weight excluding hydrogens is 384 g/mol. The molecular formula is C23H28N2O5. The highest BCUT2D eigenvalue weighted by atomic mass is 16.5.